The first-order chi connectivity index (χ1) is 12.8. The quantitative estimate of drug-likeness (QED) is 0.668. The highest BCUT2D eigenvalue weighted by Crippen LogP contribution is 2.23. The SMILES string of the molecule is Cc1cc(S(=O)(=O)Nc2ccc(Nc3cccc(C)c3C)nc2)ccc1F. The molecule has 3 rings (SSSR count). The summed E-state index contributed by atoms with van der Waals surface area (Å²) in [4.78, 5) is 4.26. The lowest BCUT2D eigenvalue weighted by atomic mass is 10.1. The molecule has 0 saturated carbocycles. The lowest BCUT2D eigenvalue weighted by Gasteiger charge is -2.12. The summed E-state index contributed by atoms with van der Waals surface area (Å²) >= 11 is 0. The van der Waals surface area contributed by atoms with Crippen molar-refractivity contribution in [2.75, 3.05) is 10.0 Å². The Morgan fingerprint density at radius 3 is 2.41 bits per heavy atom. The third-order valence-corrected chi connectivity index (χ3v) is 5.70. The fourth-order valence-electron chi connectivity index (χ4n) is 2.55. The fraction of sp³-hybridized carbons (Fsp3) is 0.150. The van der Waals surface area contributed by atoms with E-state index in [9.17, 15) is 12.8 Å². The summed E-state index contributed by atoms with van der Waals surface area (Å²) in [6, 6.07) is 12.9. The topological polar surface area (TPSA) is 71.1 Å². The molecule has 0 radical (unpaired) electrons. The number of aryl methyl sites for hydroxylation is 2. The molecule has 1 aromatic heterocycles. The molecule has 1 heterocycles. The average molecular weight is 385 g/mol. The highest BCUT2D eigenvalue weighted by atomic mass is 32.2. The van der Waals surface area contributed by atoms with Crippen LogP contribution in [0.4, 0.5) is 21.6 Å². The van der Waals surface area contributed by atoms with Gasteiger partial charge in [-0.3, -0.25) is 4.72 Å². The van der Waals surface area contributed by atoms with Gasteiger partial charge in [-0.1, -0.05) is 12.1 Å². The summed E-state index contributed by atoms with van der Waals surface area (Å²) in [6.45, 7) is 5.57. The van der Waals surface area contributed by atoms with E-state index in [1.165, 1.54) is 30.8 Å². The van der Waals surface area contributed by atoms with Gasteiger partial charge in [-0.2, -0.15) is 0 Å². The number of anilines is 3. The highest BCUT2D eigenvalue weighted by Gasteiger charge is 2.15. The first-order valence-corrected chi connectivity index (χ1v) is 9.83. The Hall–Kier alpha value is -2.93. The molecule has 0 amide bonds. The van der Waals surface area contributed by atoms with Gasteiger partial charge in [0.15, 0.2) is 0 Å². The van der Waals surface area contributed by atoms with Gasteiger partial charge >= 0.3 is 0 Å². The molecular weight excluding hydrogens is 365 g/mol. The van der Waals surface area contributed by atoms with E-state index in [0.717, 1.165) is 17.3 Å². The number of pyridine rings is 1. The molecular formula is C20H20FN3O2S. The number of sulfonamides is 1. The van der Waals surface area contributed by atoms with Gasteiger partial charge in [0.1, 0.15) is 11.6 Å². The van der Waals surface area contributed by atoms with Crippen molar-refractivity contribution in [2.45, 2.75) is 25.7 Å². The van der Waals surface area contributed by atoms with Crippen molar-refractivity contribution in [2.24, 2.45) is 0 Å². The Kier molecular flexibility index (Phi) is 5.14. The zero-order chi connectivity index (χ0) is 19.6. The van der Waals surface area contributed by atoms with Gasteiger partial charge in [0, 0.05) is 5.69 Å². The van der Waals surface area contributed by atoms with Gasteiger partial charge in [-0.15, -0.1) is 0 Å². The van der Waals surface area contributed by atoms with Crippen LogP contribution in [0.5, 0.6) is 0 Å². The zero-order valence-electron chi connectivity index (χ0n) is 15.2. The molecule has 0 aliphatic rings. The van der Waals surface area contributed by atoms with Crippen LogP contribution in [0, 0.1) is 26.6 Å². The molecule has 5 nitrogen and oxygen atoms in total. The van der Waals surface area contributed by atoms with E-state index in [1.54, 1.807) is 12.1 Å². The molecule has 3 aromatic rings. The van der Waals surface area contributed by atoms with Crippen molar-refractivity contribution in [3.63, 3.8) is 0 Å². The molecule has 0 spiro atoms. The second-order valence-corrected chi connectivity index (χ2v) is 8.00. The van der Waals surface area contributed by atoms with Crippen LogP contribution in [-0.2, 0) is 10.0 Å². The van der Waals surface area contributed by atoms with Gasteiger partial charge in [0.2, 0.25) is 0 Å². The van der Waals surface area contributed by atoms with E-state index in [-0.39, 0.29) is 10.5 Å². The van der Waals surface area contributed by atoms with E-state index in [4.69, 9.17) is 0 Å². The number of aromatic nitrogens is 1. The summed E-state index contributed by atoms with van der Waals surface area (Å²) in [5.41, 5.74) is 3.82. The van der Waals surface area contributed by atoms with Crippen LogP contribution in [0.1, 0.15) is 16.7 Å². The molecule has 0 bridgehead atoms. The largest absolute Gasteiger partial charge is 0.340 e. The zero-order valence-corrected chi connectivity index (χ0v) is 16.1. The standard InChI is InChI=1S/C20H20FN3O2S/c1-13-5-4-6-19(15(13)3)23-20-10-7-16(12-22-20)24-27(25,26)17-8-9-18(21)14(2)11-17/h4-12,24H,1-3H3,(H,22,23). The van der Waals surface area contributed by atoms with Crippen molar-refractivity contribution in [1.82, 2.24) is 4.98 Å². The molecule has 0 unspecified atom stereocenters. The minimum Gasteiger partial charge on any atom is -0.340 e. The molecule has 0 atom stereocenters. The lowest BCUT2D eigenvalue weighted by molar-refractivity contribution is 0.598. The predicted octanol–water partition coefficient (Wildman–Crippen LogP) is 4.69. The number of hydrogen-bond acceptors (Lipinski definition) is 4. The van der Waals surface area contributed by atoms with Gasteiger partial charge in [-0.05, 0) is 73.9 Å². The van der Waals surface area contributed by atoms with Crippen LogP contribution >= 0.6 is 0 Å². The molecule has 7 heteroatoms. The van der Waals surface area contributed by atoms with Gasteiger partial charge < -0.3 is 5.32 Å². The Balaban J connectivity index is 1.77. The van der Waals surface area contributed by atoms with E-state index < -0.39 is 15.8 Å². The van der Waals surface area contributed by atoms with Gasteiger partial charge in [0.05, 0.1) is 16.8 Å². The Morgan fingerprint density at radius 1 is 0.963 bits per heavy atom. The van der Waals surface area contributed by atoms with Gasteiger partial charge in [-0.25, -0.2) is 17.8 Å². The number of halogens is 1. The molecule has 0 saturated heterocycles. The van der Waals surface area contributed by atoms with Crippen molar-refractivity contribution in [3.8, 4) is 0 Å². The van der Waals surface area contributed by atoms with E-state index >= 15 is 0 Å². The maximum absolute atomic E-state index is 13.4. The maximum atomic E-state index is 13.4. The summed E-state index contributed by atoms with van der Waals surface area (Å²) in [6.07, 6.45) is 1.43. The number of benzene rings is 2. The molecule has 0 aliphatic heterocycles. The molecule has 2 aromatic carbocycles. The highest BCUT2D eigenvalue weighted by molar-refractivity contribution is 7.92. The second kappa shape index (κ2) is 7.36. The van der Waals surface area contributed by atoms with Gasteiger partial charge in [0.25, 0.3) is 10.0 Å². The molecule has 0 fully saturated rings. The lowest BCUT2D eigenvalue weighted by Crippen LogP contribution is -2.13. The monoisotopic (exact) mass is 385 g/mol. The van der Waals surface area contributed by atoms with Crippen LogP contribution in [-0.4, -0.2) is 13.4 Å². The van der Waals surface area contributed by atoms with E-state index in [2.05, 4.69) is 15.0 Å². The average Bonchev–Trinajstić information content (AvgIpc) is 2.62. The smallest absolute Gasteiger partial charge is 0.261 e. The number of hydrogen-bond donors (Lipinski definition) is 2. The van der Waals surface area contributed by atoms with Crippen LogP contribution in [0.15, 0.2) is 59.6 Å². The van der Waals surface area contributed by atoms with Crippen molar-refractivity contribution >= 4 is 27.2 Å². The minimum absolute atomic E-state index is 0.000938. The third kappa shape index (κ3) is 4.25. The number of nitrogens with zero attached hydrogens (tertiary/aromatic N) is 1. The Labute approximate surface area is 158 Å². The van der Waals surface area contributed by atoms with E-state index in [1.807, 2.05) is 32.0 Å². The number of nitrogens with one attached hydrogen (secondary N) is 2. The molecule has 27 heavy (non-hydrogen) atoms. The van der Waals surface area contributed by atoms with Crippen LogP contribution in [0.3, 0.4) is 0 Å². The van der Waals surface area contributed by atoms with Crippen LogP contribution in [0.2, 0.25) is 0 Å². The van der Waals surface area contributed by atoms with Crippen molar-refractivity contribution in [3.05, 3.63) is 77.2 Å². The van der Waals surface area contributed by atoms with Crippen LogP contribution < -0.4 is 10.0 Å². The maximum Gasteiger partial charge on any atom is 0.261 e. The van der Waals surface area contributed by atoms with Crippen molar-refractivity contribution in [1.29, 1.82) is 0 Å². The number of rotatable bonds is 5. The summed E-state index contributed by atoms with van der Waals surface area (Å²) < 4.78 is 40.7. The molecule has 2 N–H and O–H groups in total. The summed E-state index contributed by atoms with van der Waals surface area (Å²) in [5.74, 6) is 0.154. The summed E-state index contributed by atoms with van der Waals surface area (Å²) in [5, 5.41) is 3.22. The fourth-order valence-corrected chi connectivity index (χ4v) is 3.68. The molecule has 0 aliphatic carbocycles. The minimum atomic E-state index is -3.81. The third-order valence-electron chi connectivity index (χ3n) is 4.32. The summed E-state index contributed by atoms with van der Waals surface area (Å²) in [7, 11) is -3.81. The van der Waals surface area contributed by atoms with Crippen molar-refractivity contribution < 1.29 is 12.8 Å². The first kappa shape index (κ1) is 18.8. The van der Waals surface area contributed by atoms with E-state index in [0.29, 0.717) is 11.5 Å². The predicted molar refractivity (Wildman–Crippen MR) is 105 cm³/mol. The molecule has 140 valence electrons. The second-order valence-electron chi connectivity index (χ2n) is 6.32. The first-order valence-electron chi connectivity index (χ1n) is 8.34. The Morgan fingerprint density at radius 2 is 1.74 bits per heavy atom. The van der Waals surface area contributed by atoms with Crippen LogP contribution in [0.25, 0.3) is 0 Å². The normalized spacial score (nSPS) is 11.3. The Bertz CT molecular complexity index is 1080.